The highest BCUT2D eigenvalue weighted by atomic mass is 35.5. The van der Waals surface area contributed by atoms with Gasteiger partial charge in [0.05, 0.1) is 16.4 Å². The maximum absolute atomic E-state index is 13.1. The van der Waals surface area contributed by atoms with E-state index >= 15 is 0 Å². The molecule has 0 bridgehead atoms. The molecule has 33 heavy (non-hydrogen) atoms. The van der Waals surface area contributed by atoms with Gasteiger partial charge in [-0.1, -0.05) is 60.3 Å². The van der Waals surface area contributed by atoms with Crippen LogP contribution in [0.4, 0.5) is 0 Å². The Balaban J connectivity index is 1.57. The lowest BCUT2D eigenvalue weighted by Crippen LogP contribution is -2.40. The van der Waals surface area contributed by atoms with Crippen molar-refractivity contribution in [2.24, 2.45) is 0 Å². The molecule has 2 aromatic carbocycles. The van der Waals surface area contributed by atoms with Gasteiger partial charge in [0.25, 0.3) is 5.91 Å². The zero-order chi connectivity index (χ0) is 22.9. The molecule has 5 rings (SSSR count). The first-order valence-electron chi connectivity index (χ1n) is 11.7. The first-order valence-corrected chi connectivity index (χ1v) is 12.5. The number of hydrogen-bond acceptors (Lipinski definition) is 3. The summed E-state index contributed by atoms with van der Waals surface area (Å²) in [5.41, 5.74) is 8.20. The van der Waals surface area contributed by atoms with Crippen molar-refractivity contribution in [3.05, 3.63) is 69.3 Å². The van der Waals surface area contributed by atoms with Crippen LogP contribution in [0, 0.1) is 6.92 Å². The molecule has 0 atom stereocenters. The minimum Gasteiger partial charge on any atom is -0.283 e. The summed E-state index contributed by atoms with van der Waals surface area (Å²) in [4.78, 5) is 13.1. The lowest BCUT2D eigenvalue weighted by molar-refractivity contribution is 0.0819. The first kappa shape index (κ1) is 22.5. The summed E-state index contributed by atoms with van der Waals surface area (Å²) in [6.07, 6.45) is 7.32. The van der Waals surface area contributed by atoms with Crippen LogP contribution in [0.1, 0.15) is 66.1 Å². The molecule has 2 fully saturated rings. The summed E-state index contributed by atoms with van der Waals surface area (Å²) in [5.74, 6) is 0.458. The number of hydrazine groups is 1. The number of halogens is 2. The Morgan fingerprint density at radius 1 is 1.00 bits per heavy atom. The van der Waals surface area contributed by atoms with Gasteiger partial charge in [0.1, 0.15) is 0 Å². The molecule has 1 N–H and O–H groups in total. The van der Waals surface area contributed by atoms with Crippen LogP contribution in [0.25, 0.3) is 16.9 Å². The number of nitrogens with zero attached hydrogens (tertiary/aromatic N) is 3. The van der Waals surface area contributed by atoms with Gasteiger partial charge in [0.15, 0.2) is 5.69 Å². The molecule has 7 heteroatoms. The van der Waals surface area contributed by atoms with Crippen LogP contribution in [0.2, 0.25) is 10.0 Å². The number of nitrogens with one attached hydrogen (secondary N) is 1. The lowest BCUT2D eigenvalue weighted by atomic mass is 9.95. The van der Waals surface area contributed by atoms with Crippen molar-refractivity contribution in [2.75, 3.05) is 13.1 Å². The molecule has 0 spiro atoms. The van der Waals surface area contributed by atoms with E-state index < -0.39 is 0 Å². The Morgan fingerprint density at radius 2 is 1.70 bits per heavy atom. The van der Waals surface area contributed by atoms with Crippen LogP contribution in [0.3, 0.4) is 0 Å². The molecule has 172 valence electrons. The van der Waals surface area contributed by atoms with E-state index in [1.807, 2.05) is 18.0 Å². The van der Waals surface area contributed by atoms with Gasteiger partial charge in [0, 0.05) is 29.2 Å². The number of benzene rings is 2. The van der Waals surface area contributed by atoms with Gasteiger partial charge in [-0.3, -0.25) is 10.2 Å². The van der Waals surface area contributed by atoms with E-state index in [1.54, 1.807) is 16.8 Å². The van der Waals surface area contributed by atoms with Crippen LogP contribution >= 0.6 is 23.2 Å². The van der Waals surface area contributed by atoms with E-state index in [1.165, 1.54) is 31.2 Å². The van der Waals surface area contributed by atoms with Gasteiger partial charge in [0.2, 0.25) is 0 Å². The number of carbonyl (C=O) groups excluding carboxylic acids is 1. The largest absolute Gasteiger partial charge is 0.286 e. The van der Waals surface area contributed by atoms with Crippen LogP contribution in [-0.4, -0.2) is 33.8 Å². The van der Waals surface area contributed by atoms with E-state index in [9.17, 15) is 4.79 Å². The SMILES string of the molecule is Cc1c(C(=O)NN2CCCC2)nn(-c2ccc(Cl)cc2Cl)c1-c1ccc(C2CCCC2)cc1. The zero-order valence-corrected chi connectivity index (χ0v) is 20.3. The van der Waals surface area contributed by atoms with Gasteiger partial charge >= 0.3 is 0 Å². The highest BCUT2D eigenvalue weighted by Crippen LogP contribution is 2.37. The minimum absolute atomic E-state index is 0.193. The van der Waals surface area contributed by atoms with Crippen molar-refractivity contribution < 1.29 is 4.79 Å². The Bertz CT molecular complexity index is 1160. The van der Waals surface area contributed by atoms with E-state index in [4.69, 9.17) is 28.3 Å². The van der Waals surface area contributed by atoms with Crippen molar-refractivity contribution in [2.45, 2.75) is 51.4 Å². The summed E-state index contributed by atoms with van der Waals surface area (Å²) in [6, 6.07) is 14.0. The summed E-state index contributed by atoms with van der Waals surface area (Å²) in [5, 5.41) is 7.75. The third-order valence-electron chi connectivity index (χ3n) is 6.85. The zero-order valence-electron chi connectivity index (χ0n) is 18.8. The van der Waals surface area contributed by atoms with Crippen LogP contribution in [-0.2, 0) is 0 Å². The molecule has 0 unspecified atom stereocenters. The third kappa shape index (κ3) is 4.54. The molecule has 0 radical (unpaired) electrons. The molecule has 1 amide bonds. The fourth-order valence-electron chi connectivity index (χ4n) is 5.08. The van der Waals surface area contributed by atoms with E-state index in [0.29, 0.717) is 27.3 Å². The number of aromatic nitrogens is 2. The number of hydrogen-bond donors (Lipinski definition) is 1. The maximum Gasteiger partial charge on any atom is 0.286 e. The Labute approximate surface area is 204 Å². The van der Waals surface area contributed by atoms with Gasteiger partial charge in [-0.15, -0.1) is 0 Å². The molecular weight excluding hydrogens is 455 g/mol. The molecule has 1 saturated carbocycles. The van der Waals surface area contributed by atoms with Crippen molar-refractivity contribution in [1.29, 1.82) is 0 Å². The smallest absolute Gasteiger partial charge is 0.283 e. The van der Waals surface area contributed by atoms with Crippen molar-refractivity contribution >= 4 is 29.1 Å². The third-order valence-corrected chi connectivity index (χ3v) is 7.39. The second-order valence-corrected chi connectivity index (χ2v) is 9.91. The average Bonchev–Trinajstić information content (AvgIpc) is 3.56. The molecule has 1 aromatic heterocycles. The first-order chi connectivity index (χ1) is 16.0. The number of rotatable bonds is 5. The Kier molecular flexibility index (Phi) is 6.46. The fraction of sp³-hybridized carbons (Fsp3) is 0.385. The molecule has 3 aromatic rings. The summed E-state index contributed by atoms with van der Waals surface area (Å²) < 4.78 is 1.78. The lowest BCUT2D eigenvalue weighted by Gasteiger charge is -2.15. The number of amides is 1. The molecule has 5 nitrogen and oxygen atoms in total. The Hall–Kier alpha value is -2.34. The standard InChI is InChI=1S/C26H28Cl2N4O/c1-17-24(26(33)30-31-14-4-5-15-31)29-32(23-13-12-21(27)16-22(23)28)25(17)20-10-8-19(9-11-20)18-6-2-3-7-18/h8-13,16,18H,2-7,14-15H2,1H3,(H,30,33). The monoisotopic (exact) mass is 482 g/mol. The maximum atomic E-state index is 13.1. The molecule has 1 saturated heterocycles. The fourth-order valence-corrected chi connectivity index (χ4v) is 5.56. The predicted molar refractivity (Wildman–Crippen MR) is 133 cm³/mol. The van der Waals surface area contributed by atoms with Gasteiger partial charge in [-0.2, -0.15) is 5.10 Å². The molecule has 2 aliphatic rings. The molecule has 2 heterocycles. The minimum atomic E-state index is -0.193. The predicted octanol–water partition coefficient (Wildman–Crippen LogP) is 6.55. The average molecular weight is 483 g/mol. The summed E-state index contributed by atoms with van der Waals surface area (Å²) in [6.45, 7) is 3.68. The van der Waals surface area contributed by atoms with Gasteiger partial charge in [-0.25, -0.2) is 9.69 Å². The van der Waals surface area contributed by atoms with Crippen LogP contribution < -0.4 is 5.43 Å². The van der Waals surface area contributed by atoms with Gasteiger partial charge < -0.3 is 0 Å². The topological polar surface area (TPSA) is 50.2 Å². The highest BCUT2D eigenvalue weighted by Gasteiger charge is 2.25. The van der Waals surface area contributed by atoms with Crippen molar-refractivity contribution in [3.8, 4) is 16.9 Å². The second-order valence-electron chi connectivity index (χ2n) is 9.07. The van der Waals surface area contributed by atoms with Crippen LogP contribution in [0.15, 0.2) is 42.5 Å². The summed E-state index contributed by atoms with van der Waals surface area (Å²) >= 11 is 12.7. The van der Waals surface area contributed by atoms with E-state index in [2.05, 4.69) is 29.7 Å². The summed E-state index contributed by atoms with van der Waals surface area (Å²) in [7, 11) is 0. The molecule has 1 aliphatic heterocycles. The molecular formula is C26H28Cl2N4O. The highest BCUT2D eigenvalue weighted by molar-refractivity contribution is 6.35. The van der Waals surface area contributed by atoms with E-state index in [0.717, 1.165) is 42.8 Å². The molecule has 1 aliphatic carbocycles. The van der Waals surface area contributed by atoms with Gasteiger partial charge in [-0.05, 0) is 62.3 Å². The van der Waals surface area contributed by atoms with E-state index in [-0.39, 0.29) is 5.91 Å². The Morgan fingerprint density at radius 3 is 2.36 bits per heavy atom. The van der Waals surface area contributed by atoms with Crippen LogP contribution in [0.5, 0.6) is 0 Å². The quantitative estimate of drug-likeness (QED) is 0.448. The second kappa shape index (κ2) is 9.49. The normalized spacial score (nSPS) is 17.1. The van der Waals surface area contributed by atoms with Crippen molar-refractivity contribution in [1.82, 2.24) is 20.2 Å². The number of carbonyl (C=O) groups is 1. The van der Waals surface area contributed by atoms with Crippen molar-refractivity contribution in [3.63, 3.8) is 0 Å².